The van der Waals surface area contributed by atoms with Crippen molar-refractivity contribution in [2.45, 2.75) is 39.7 Å². The van der Waals surface area contributed by atoms with Gasteiger partial charge in [0.2, 0.25) is 5.91 Å². The van der Waals surface area contributed by atoms with Crippen LogP contribution in [-0.2, 0) is 22.4 Å². The van der Waals surface area contributed by atoms with Crippen LogP contribution < -0.4 is 5.32 Å². The minimum atomic E-state index is -0.358. The molecule has 33 heavy (non-hydrogen) atoms. The number of thiophene rings is 1. The molecule has 1 atom stereocenters. The quantitative estimate of drug-likeness (QED) is 0.479. The van der Waals surface area contributed by atoms with E-state index in [1.165, 1.54) is 26.4 Å². The Morgan fingerprint density at radius 1 is 1.09 bits per heavy atom. The number of hydrogen-bond acceptors (Lipinski definition) is 5. The van der Waals surface area contributed by atoms with Crippen molar-refractivity contribution in [1.82, 2.24) is 4.90 Å². The molecule has 0 bridgehead atoms. The third-order valence-corrected chi connectivity index (χ3v) is 7.35. The van der Waals surface area contributed by atoms with Crippen LogP contribution in [0, 0.1) is 6.92 Å². The summed E-state index contributed by atoms with van der Waals surface area (Å²) in [6, 6.07) is 17.4. The number of amides is 1. The molecule has 5 nitrogen and oxygen atoms in total. The highest BCUT2D eigenvalue weighted by Crippen LogP contribution is 2.42. The van der Waals surface area contributed by atoms with Crippen molar-refractivity contribution in [2.75, 3.05) is 25.0 Å². The lowest BCUT2D eigenvalue weighted by Crippen LogP contribution is -2.40. The van der Waals surface area contributed by atoms with Crippen LogP contribution in [0.15, 0.2) is 54.6 Å². The van der Waals surface area contributed by atoms with Crippen molar-refractivity contribution in [2.24, 2.45) is 0 Å². The van der Waals surface area contributed by atoms with Crippen LogP contribution in [0.4, 0.5) is 5.69 Å². The van der Waals surface area contributed by atoms with E-state index in [0.29, 0.717) is 24.4 Å². The van der Waals surface area contributed by atoms with E-state index in [1.54, 1.807) is 31.2 Å². The lowest BCUT2D eigenvalue weighted by molar-refractivity contribution is -0.117. The summed E-state index contributed by atoms with van der Waals surface area (Å²) >= 11 is 1.87. The average Bonchev–Trinajstić information content (AvgIpc) is 3.14. The zero-order chi connectivity index (χ0) is 23.4. The fourth-order valence-corrected chi connectivity index (χ4v) is 6.08. The van der Waals surface area contributed by atoms with E-state index in [1.807, 2.05) is 17.4 Å². The number of carbonyl (C=O) groups is 2. The Balaban J connectivity index is 1.52. The number of carbonyl (C=O) groups excluding carboxylic acids is 2. The normalized spacial score (nSPS) is 15.7. The van der Waals surface area contributed by atoms with Crippen molar-refractivity contribution in [3.8, 4) is 0 Å². The minimum absolute atomic E-state index is 0.0627. The summed E-state index contributed by atoms with van der Waals surface area (Å²) in [5.74, 6) is -0.421. The molecule has 2 heterocycles. The summed E-state index contributed by atoms with van der Waals surface area (Å²) in [5, 5.41) is 2.98. The van der Waals surface area contributed by atoms with Gasteiger partial charge in [0.15, 0.2) is 0 Å². The number of esters is 1. The van der Waals surface area contributed by atoms with E-state index in [4.69, 9.17) is 4.74 Å². The standard InChI is InChI=1S/C27H30N2O3S/c1-4-22-18(3)33-26-23(22)15-16-29(25(26)19-9-7-6-8-10-19)17-24(30)28-21-13-11-20(12-14-21)27(31)32-5-2/h6-14,25H,4-5,15-17H2,1-3H3,(H,28,30)/t25-/m1/s1. The third-order valence-electron chi connectivity index (χ3n) is 6.11. The van der Waals surface area contributed by atoms with Crippen LogP contribution in [0.2, 0.25) is 0 Å². The zero-order valence-corrected chi connectivity index (χ0v) is 20.2. The van der Waals surface area contributed by atoms with Crippen LogP contribution in [0.5, 0.6) is 0 Å². The first-order chi connectivity index (χ1) is 16.0. The first kappa shape index (κ1) is 23.2. The maximum atomic E-state index is 13.0. The Labute approximate surface area is 199 Å². The van der Waals surface area contributed by atoms with Crippen LogP contribution in [0.1, 0.15) is 56.7 Å². The molecule has 4 rings (SSSR count). The molecule has 0 saturated carbocycles. The first-order valence-electron chi connectivity index (χ1n) is 11.5. The van der Waals surface area contributed by atoms with Crippen LogP contribution in [-0.4, -0.2) is 36.5 Å². The molecule has 0 unspecified atom stereocenters. The van der Waals surface area contributed by atoms with Gasteiger partial charge in [0.25, 0.3) is 0 Å². The predicted molar refractivity (Wildman–Crippen MR) is 133 cm³/mol. The van der Waals surface area contributed by atoms with Gasteiger partial charge in [-0.1, -0.05) is 37.3 Å². The number of hydrogen-bond donors (Lipinski definition) is 1. The van der Waals surface area contributed by atoms with Gasteiger partial charge in [-0.05, 0) is 67.6 Å². The number of nitrogens with zero attached hydrogens (tertiary/aromatic N) is 1. The van der Waals surface area contributed by atoms with E-state index in [-0.39, 0.29) is 17.9 Å². The van der Waals surface area contributed by atoms with Gasteiger partial charge < -0.3 is 10.1 Å². The number of nitrogens with one attached hydrogen (secondary N) is 1. The summed E-state index contributed by atoms with van der Waals surface area (Å²) in [6.45, 7) is 7.68. The number of fused-ring (bicyclic) bond motifs is 1. The summed E-state index contributed by atoms with van der Waals surface area (Å²) in [7, 11) is 0. The Morgan fingerprint density at radius 2 is 1.82 bits per heavy atom. The van der Waals surface area contributed by atoms with E-state index < -0.39 is 0 Å². The molecule has 6 heteroatoms. The molecule has 0 radical (unpaired) electrons. The molecule has 1 aliphatic rings. The zero-order valence-electron chi connectivity index (χ0n) is 19.4. The topological polar surface area (TPSA) is 58.6 Å². The van der Waals surface area contributed by atoms with E-state index in [2.05, 4.69) is 48.3 Å². The molecule has 1 N–H and O–H groups in total. The highest BCUT2D eigenvalue weighted by Gasteiger charge is 2.33. The molecule has 1 aliphatic heterocycles. The molecule has 0 aliphatic carbocycles. The van der Waals surface area contributed by atoms with Crippen LogP contribution in [0.25, 0.3) is 0 Å². The molecule has 172 valence electrons. The second-order valence-corrected chi connectivity index (χ2v) is 9.47. The molecule has 0 spiro atoms. The highest BCUT2D eigenvalue weighted by molar-refractivity contribution is 7.12. The minimum Gasteiger partial charge on any atom is -0.462 e. The average molecular weight is 463 g/mol. The Hall–Kier alpha value is -2.96. The molecule has 2 aromatic carbocycles. The molecular weight excluding hydrogens is 432 g/mol. The molecule has 0 fully saturated rings. The number of benzene rings is 2. The van der Waals surface area contributed by atoms with E-state index in [9.17, 15) is 9.59 Å². The van der Waals surface area contributed by atoms with Crippen molar-refractivity contribution in [3.63, 3.8) is 0 Å². The van der Waals surface area contributed by atoms with Crippen LogP contribution in [0.3, 0.4) is 0 Å². The van der Waals surface area contributed by atoms with Crippen molar-refractivity contribution in [1.29, 1.82) is 0 Å². The maximum Gasteiger partial charge on any atom is 0.338 e. The second-order valence-electron chi connectivity index (χ2n) is 8.21. The predicted octanol–water partition coefficient (Wildman–Crippen LogP) is 5.38. The van der Waals surface area contributed by atoms with Gasteiger partial charge in [0.05, 0.1) is 24.8 Å². The van der Waals surface area contributed by atoms with Crippen molar-refractivity contribution < 1.29 is 14.3 Å². The van der Waals surface area contributed by atoms with Crippen molar-refractivity contribution in [3.05, 3.63) is 86.6 Å². The van der Waals surface area contributed by atoms with E-state index >= 15 is 0 Å². The Bertz CT molecular complexity index is 1120. The fourth-order valence-electron chi connectivity index (χ4n) is 4.61. The van der Waals surface area contributed by atoms with Gasteiger partial charge in [0, 0.05) is 22.0 Å². The second kappa shape index (κ2) is 10.3. The molecule has 1 aromatic heterocycles. The maximum absolute atomic E-state index is 13.0. The highest BCUT2D eigenvalue weighted by atomic mass is 32.1. The van der Waals surface area contributed by atoms with Crippen molar-refractivity contribution >= 4 is 28.9 Å². The number of rotatable bonds is 7. The van der Waals surface area contributed by atoms with Gasteiger partial charge in [-0.3, -0.25) is 9.69 Å². The smallest absolute Gasteiger partial charge is 0.338 e. The summed E-state index contributed by atoms with van der Waals surface area (Å²) in [5.41, 5.74) is 5.31. The van der Waals surface area contributed by atoms with Gasteiger partial charge >= 0.3 is 5.97 Å². The first-order valence-corrected chi connectivity index (χ1v) is 12.3. The van der Waals surface area contributed by atoms with E-state index in [0.717, 1.165) is 19.4 Å². The Morgan fingerprint density at radius 3 is 2.48 bits per heavy atom. The summed E-state index contributed by atoms with van der Waals surface area (Å²) < 4.78 is 5.02. The number of anilines is 1. The largest absolute Gasteiger partial charge is 0.462 e. The summed E-state index contributed by atoms with van der Waals surface area (Å²) in [4.78, 5) is 29.9. The van der Waals surface area contributed by atoms with Gasteiger partial charge in [-0.15, -0.1) is 11.3 Å². The lowest BCUT2D eigenvalue weighted by atomic mass is 9.91. The van der Waals surface area contributed by atoms with Crippen LogP contribution >= 0.6 is 11.3 Å². The molecular formula is C27H30N2O3S. The molecule has 0 saturated heterocycles. The van der Waals surface area contributed by atoms with Gasteiger partial charge in [0.1, 0.15) is 0 Å². The molecule has 3 aromatic rings. The lowest BCUT2D eigenvalue weighted by Gasteiger charge is -2.36. The van der Waals surface area contributed by atoms with Gasteiger partial charge in [-0.2, -0.15) is 0 Å². The third kappa shape index (κ3) is 5.02. The van der Waals surface area contributed by atoms with Gasteiger partial charge in [-0.25, -0.2) is 4.79 Å². The molecule has 1 amide bonds. The summed E-state index contributed by atoms with van der Waals surface area (Å²) in [6.07, 6.45) is 2.01. The number of aryl methyl sites for hydroxylation is 1. The fraction of sp³-hybridized carbons (Fsp3) is 0.333. The Kier molecular flexibility index (Phi) is 7.26. The SMILES string of the molecule is CCOC(=O)c1ccc(NC(=O)CN2CCc3c(sc(C)c3CC)[C@H]2c2ccccc2)cc1. The number of ether oxygens (including phenoxy) is 1. The monoisotopic (exact) mass is 462 g/mol.